The van der Waals surface area contributed by atoms with Crippen LogP contribution in [0, 0.1) is 5.92 Å². The monoisotopic (exact) mass is 417 g/mol. The Morgan fingerprint density at radius 3 is 2.46 bits per heavy atom. The summed E-state index contributed by atoms with van der Waals surface area (Å²) in [6.07, 6.45) is 7.39. The highest BCUT2D eigenvalue weighted by Gasteiger charge is 2.45. The van der Waals surface area contributed by atoms with E-state index in [0.29, 0.717) is 18.1 Å². The smallest absolute Gasteiger partial charge is 0.331 e. The number of thiol groups is 1. The van der Waals surface area contributed by atoms with Crippen LogP contribution in [0.15, 0.2) is 12.2 Å². The maximum absolute atomic E-state index is 13.0. The van der Waals surface area contributed by atoms with E-state index in [2.05, 4.69) is 31.9 Å². The van der Waals surface area contributed by atoms with E-state index < -0.39 is 11.5 Å². The molecular weight excluding hydrogens is 378 g/mol. The summed E-state index contributed by atoms with van der Waals surface area (Å²) in [7, 11) is 0. The number of hydrogen-bond acceptors (Lipinski definition) is 6. The number of aliphatic carboxylic acids is 1. The minimum Gasteiger partial charge on any atom is -0.479 e. The van der Waals surface area contributed by atoms with E-state index in [-0.39, 0.29) is 44.4 Å². The summed E-state index contributed by atoms with van der Waals surface area (Å²) in [4.78, 5) is 25.2. The molecule has 3 atom stereocenters. The van der Waals surface area contributed by atoms with Crippen molar-refractivity contribution >= 4 is 24.5 Å². The van der Waals surface area contributed by atoms with E-state index in [1.807, 2.05) is 13.0 Å². The summed E-state index contributed by atoms with van der Waals surface area (Å²) >= 11 is 4.14. The Kier molecular flexibility index (Phi) is 14.3. The van der Waals surface area contributed by atoms with Gasteiger partial charge < -0.3 is 15.9 Å². The van der Waals surface area contributed by atoms with Crippen LogP contribution in [-0.2, 0) is 9.59 Å². The van der Waals surface area contributed by atoms with Crippen molar-refractivity contribution in [3.63, 3.8) is 0 Å². The van der Waals surface area contributed by atoms with Gasteiger partial charge in [-0.2, -0.15) is 12.6 Å². The lowest BCUT2D eigenvalue weighted by Crippen LogP contribution is -2.64. The molecule has 1 amide bonds. The lowest BCUT2D eigenvalue weighted by molar-refractivity contribution is -0.166. The molecule has 8 heteroatoms. The lowest BCUT2D eigenvalue weighted by Gasteiger charge is -2.41. The Morgan fingerprint density at radius 1 is 1.29 bits per heavy atom. The zero-order valence-corrected chi connectivity index (χ0v) is 18.5. The second-order valence-corrected chi connectivity index (χ2v) is 7.74. The van der Waals surface area contributed by atoms with Gasteiger partial charge in [0, 0.05) is 37.8 Å². The lowest BCUT2D eigenvalue weighted by atomic mass is 9.88. The molecule has 5 N–H and O–H groups in total. The van der Waals surface area contributed by atoms with Crippen molar-refractivity contribution in [3.05, 3.63) is 12.2 Å². The maximum Gasteiger partial charge on any atom is 0.331 e. The van der Waals surface area contributed by atoms with Crippen LogP contribution in [0.2, 0.25) is 0 Å². The first kappa shape index (κ1) is 26.9. The predicted octanol–water partition coefficient (Wildman–Crippen LogP) is 2.36. The number of carbonyl (C=O) groups is 2. The molecule has 0 aliphatic rings. The van der Waals surface area contributed by atoms with Gasteiger partial charge in [0.1, 0.15) is 0 Å². The number of nitrogens with zero attached hydrogens (tertiary/aromatic N) is 1. The number of allylic oxidation sites excluding steroid dienone is 1. The zero-order chi connectivity index (χ0) is 21.6. The number of carbonyl (C=O) groups excluding carboxylic acids is 1. The van der Waals surface area contributed by atoms with Gasteiger partial charge in [0.05, 0.1) is 0 Å². The first-order valence-corrected chi connectivity index (χ1v) is 10.8. The minimum absolute atomic E-state index is 0.0478. The molecule has 0 heterocycles. The molecule has 164 valence electrons. The first-order valence-electron chi connectivity index (χ1n) is 10.2. The van der Waals surface area contributed by atoms with Gasteiger partial charge in [0.15, 0.2) is 5.54 Å². The number of nitrogens with one attached hydrogen (secondary N) is 1. The van der Waals surface area contributed by atoms with E-state index in [9.17, 15) is 19.8 Å². The average Bonchev–Trinajstić information content (AvgIpc) is 2.68. The third-order valence-corrected chi connectivity index (χ3v) is 5.45. The standard InChI is InChI=1S/C20H39N3O4S/c1-4-6-11-20(12-13-24,19(26)27)23(22-14-17(21)15-28)18(25)10-8-7-9-16(3)5-2/h7-8,16-17,22,24,28H,4-6,9-15,21H2,1-3H3,(H,26,27)/b8-7+/t16-,17?,20-/m0/s1. The molecule has 0 aromatic carbocycles. The third-order valence-electron chi connectivity index (χ3n) is 4.99. The number of unbranched alkanes of at least 4 members (excludes halogenated alkanes) is 1. The Bertz CT molecular complexity index is 490. The largest absolute Gasteiger partial charge is 0.479 e. The average molecular weight is 418 g/mol. The predicted molar refractivity (Wildman–Crippen MR) is 116 cm³/mol. The van der Waals surface area contributed by atoms with Crippen molar-refractivity contribution in [1.29, 1.82) is 0 Å². The van der Waals surface area contributed by atoms with Gasteiger partial charge in [-0.3, -0.25) is 9.80 Å². The summed E-state index contributed by atoms with van der Waals surface area (Å²) < 4.78 is 0. The molecule has 1 unspecified atom stereocenters. The normalized spacial score (nSPS) is 15.9. The van der Waals surface area contributed by atoms with E-state index >= 15 is 0 Å². The van der Waals surface area contributed by atoms with Crippen molar-refractivity contribution in [2.75, 3.05) is 18.9 Å². The third kappa shape index (κ3) is 8.94. The zero-order valence-electron chi connectivity index (χ0n) is 17.6. The van der Waals surface area contributed by atoms with Crippen LogP contribution in [0.4, 0.5) is 0 Å². The fraction of sp³-hybridized carbons (Fsp3) is 0.800. The molecule has 0 spiro atoms. The summed E-state index contributed by atoms with van der Waals surface area (Å²) in [6.45, 7) is 6.10. The van der Waals surface area contributed by atoms with Crippen molar-refractivity contribution in [2.24, 2.45) is 11.7 Å². The van der Waals surface area contributed by atoms with Crippen LogP contribution >= 0.6 is 12.6 Å². The molecule has 0 radical (unpaired) electrons. The van der Waals surface area contributed by atoms with E-state index in [1.54, 1.807) is 6.08 Å². The number of hydrogen-bond donors (Lipinski definition) is 5. The highest BCUT2D eigenvalue weighted by atomic mass is 32.1. The first-order chi connectivity index (χ1) is 13.3. The van der Waals surface area contributed by atoms with Gasteiger partial charge >= 0.3 is 5.97 Å². The Hall–Kier alpha value is -1.09. The molecular formula is C20H39N3O4S. The quantitative estimate of drug-likeness (QED) is 0.150. The minimum atomic E-state index is -1.51. The molecule has 0 aliphatic heterocycles. The molecule has 0 aromatic heterocycles. The van der Waals surface area contributed by atoms with Crippen molar-refractivity contribution in [3.8, 4) is 0 Å². The number of carboxylic acid groups (broad SMARTS) is 1. The summed E-state index contributed by atoms with van der Waals surface area (Å²) in [5.41, 5.74) is 7.32. The number of aliphatic hydroxyl groups is 1. The maximum atomic E-state index is 13.0. The second kappa shape index (κ2) is 14.8. The van der Waals surface area contributed by atoms with Crippen LogP contribution in [-0.4, -0.2) is 57.6 Å². The fourth-order valence-electron chi connectivity index (χ4n) is 2.83. The van der Waals surface area contributed by atoms with Gasteiger partial charge in [0.25, 0.3) is 0 Å². The summed E-state index contributed by atoms with van der Waals surface area (Å²) in [5.74, 6) is -0.539. The van der Waals surface area contributed by atoms with Crippen LogP contribution in [0.3, 0.4) is 0 Å². The molecule has 0 aromatic rings. The molecule has 0 saturated heterocycles. The van der Waals surface area contributed by atoms with Gasteiger partial charge in [-0.25, -0.2) is 10.2 Å². The van der Waals surface area contributed by atoms with Gasteiger partial charge in [-0.05, 0) is 18.8 Å². The van der Waals surface area contributed by atoms with Gasteiger partial charge in [-0.15, -0.1) is 0 Å². The number of hydrazine groups is 1. The topological polar surface area (TPSA) is 116 Å². The Morgan fingerprint density at radius 2 is 1.96 bits per heavy atom. The van der Waals surface area contributed by atoms with E-state index in [0.717, 1.165) is 19.3 Å². The Balaban J connectivity index is 5.57. The van der Waals surface area contributed by atoms with Crippen molar-refractivity contribution < 1.29 is 19.8 Å². The van der Waals surface area contributed by atoms with E-state index in [1.165, 1.54) is 5.01 Å². The number of rotatable bonds is 16. The van der Waals surface area contributed by atoms with Crippen molar-refractivity contribution in [1.82, 2.24) is 10.4 Å². The van der Waals surface area contributed by atoms with Crippen LogP contribution in [0.5, 0.6) is 0 Å². The fourth-order valence-corrected chi connectivity index (χ4v) is 2.96. The Labute approximate surface area is 175 Å². The summed E-state index contributed by atoms with van der Waals surface area (Å²) in [5, 5.41) is 20.7. The number of aliphatic hydroxyl groups excluding tert-OH is 1. The SMILES string of the molecule is CCCC[C@](CCO)(C(=O)O)N(NCC(N)CS)C(=O)C/C=C/C[C@@H](C)CC. The van der Waals surface area contributed by atoms with Crippen LogP contribution in [0.1, 0.15) is 65.7 Å². The van der Waals surface area contributed by atoms with Gasteiger partial charge in [-0.1, -0.05) is 52.2 Å². The van der Waals surface area contributed by atoms with Crippen LogP contribution in [0.25, 0.3) is 0 Å². The molecule has 28 heavy (non-hydrogen) atoms. The highest BCUT2D eigenvalue weighted by Crippen LogP contribution is 2.27. The molecule has 0 aliphatic carbocycles. The second-order valence-electron chi connectivity index (χ2n) is 7.37. The molecule has 0 fully saturated rings. The number of carboxylic acids is 1. The van der Waals surface area contributed by atoms with Crippen LogP contribution < -0.4 is 11.2 Å². The van der Waals surface area contributed by atoms with Crippen molar-refractivity contribution in [2.45, 2.75) is 77.3 Å². The highest BCUT2D eigenvalue weighted by molar-refractivity contribution is 7.80. The molecule has 0 saturated carbocycles. The number of amides is 1. The molecule has 0 bridgehead atoms. The number of nitrogens with two attached hydrogens (primary N) is 1. The molecule has 7 nitrogen and oxygen atoms in total. The summed E-state index contributed by atoms with van der Waals surface area (Å²) in [6, 6.07) is -0.327. The molecule has 0 rings (SSSR count). The van der Waals surface area contributed by atoms with Gasteiger partial charge in [0.2, 0.25) is 5.91 Å². The van der Waals surface area contributed by atoms with E-state index in [4.69, 9.17) is 5.73 Å².